The number of carbonyl (C=O) groups is 1. The van der Waals surface area contributed by atoms with Gasteiger partial charge in [0.05, 0.1) is 6.10 Å². The van der Waals surface area contributed by atoms with Crippen molar-refractivity contribution in [1.29, 1.82) is 0 Å². The number of fused-ring (bicyclic) bond motifs is 1. The van der Waals surface area contributed by atoms with Crippen LogP contribution in [-0.2, 0) is 4.74 Å². The summed E-state index contributed by atoms with van der Waals surface area (Å²) in [7, 11) is 0. The van der Waals surface area contributed by atoms with Crippen LogP contribution in [0, 0.1) is 0 Å². The van der Waals surface area contributed by atoms with Crippen LogP contribution in [0.3, 0.4) is 0 Å². The molecule has 0 aromatic carbocycles. The molecule has 3 aromatic rings. The van der Waals surface area contributed by atoms with Crippen LogP contribution in [0.1, 0.15) is 29.8 Å². The van der Waals surface area contributed by atoms with Crippen molar-refractivity contribution in [3.8, 4) is 5.75 Å². The largest absolute Gasteiger partial charge is 0.504 e. The lowest BCUT2D eigenvalue weighted by atomic mass is 10.2. The van der Waals surface area contributed by atoms with Gasteiger partial charge in [0.15, 0.2) is 22.1 Å². The number of H-pyrrole nitrogens is 1. The second kappa shape index (κ2) is 7.63. The lowest BCUT2D eigenvalue weighted by Gasteiger charge is -2.06. The Kier molecular flexibility index (Phi) is 4.87. The summed E-state index contributed by atoms with van der Waals surface area (Å²) in [4.78, 5) is 24.3. The van der Waals surface area contributed by atoms with Crippen LogP contribution >= 0.6 is 0 Å². The van der Waals surface area contributed by atoms with Gasteiger partial charge in [0.2, 0.25) is 0 Å². The number of hydrogen-bond acceptors (Lipinski definition) is 6. The molecule has 1 aliphatic heterocycles. The highest BCUT2D eigenvalue weighted by molar-refractivity contribution is 5.94. The predicted molar refractivity (Wildman–Crippen MR) is 110 cm³/mol. The number of carbonyl (C=O) groups excluding carboxylic acids is 1. The zero-order valence-corrected chi connectivity index (χ0v) is 15.9. The van der Waals surface area contributed by atoms with E-state index in [4.69, 9.17) is 9.15 Å². The van der Waals surface area contributed by atoms with E-state index in [0.29, 0.717) is 11.3 Å². The standard InChI is InChI=1S/C22H19N3O4/c1-13(2)28-22(27)18-19(26)17(29-20(18)16-8-4-3-5-9-23-16)11-14-12-25-21-15(14)7-6-10-24-21/h3-13,26H,1-2H3,(H,24,25)/b17-11-,20-16?. The Morgan fingerprint density at radius 2 is 2.17 bits per heavy atom. The lowest BCUT2D eigenvalue weighted by molar-refractivity contribution is 0.0372. The van der Waals surface area contributed by atoms with Crippen molar-refractivity contribution in [3.63, 3.8) is 0 Å². The number of rotatable bonds is 3. The van der Waals surface area contributed by atoms with Crippen molar-refractivity contribution < 1.29 is 19.1 Å². The van der Waals surface area contributed by atoms with Crippen molar-refractivity contribution in [2.75, 3.05) is 0 Å². The fraction of sp³-hybridized carbons (Fsp3) is 0.136. The molecule has 0 unspecified atom stereocenters. The van der Waals surface area contributed by atoms with Gasteiger partial charge in [0.25, 0.3) is 0 Å². The van der Waals surface area contributed by atoms with E-state index in [2.05, 4.69) is 15.0 Å². The van der Waals surface area contributed by atoms with Gasteiger partial charge in [-0.15, -0.1) is 0 Å². The molecule has 0 saturated carbocycles. The third kappa shape index (κ3) is 3.62. The van der Waals surface area contributed by atoms with Crippen molar-refractivity contribution >= 4 is 35.0 Å². The Morgan fingerprint density at radius 1 is 1.31 bits per heavy atom. The number of allylic oxidation sites excluding steroid dienone is 3. The van der Waals surface area contributed by atoms with Crippen LogP contribution in [0.5, 0.6) is 5.75 Å². The van der Waals surface area contributed by atoms with Gasteiger partial charge in [-0.05, 0) is 44.2 Å². The van der Waals surface area contributed by atoms with Gasteiger partial charge >= 0.3 is 5.97 Å². The van der Waals surface area contributed by atoms with Crippen molar-refractivity contribution in [2.45, 2.75) is 20.0 Å². The minimum atomic E-state index is -0.676. The minimum absolute atomic E-state index is 0.0541. The van der Waals surface area contributed by atoms with E-state index in [-0.39, 0.29) is 28.2 Å². The van der Waals surface area contributed by atoms with Gasteiger partial charge in [-0.2, -0.15) is 0 Å². The number of aromatic nitrogens is 2. The van der Waals surface area contributed by atoms with Gasteiger partial charge in [0, 0.05) is 29.6 Å². The second-order valence-corrected chi connectivity index (χ2v) is 6.67. The number of nitrogens with zero attached hydrogens (tertiary/aromatic N) is 2. The van der Waals surface area contributed by atoms with Crippen LogP contribution in [0.4, 0.5) is 0 Å². The first kappa shape index (κ1) is 18.5. The maximum Gasteiger partial charge on any atom is 0.346 e. The van der Waals surface area contributed by atoms with Crippen molar-refractivity contribution in [1.82, 2.24) is 9.97 Å². The van der Waals surface area contributed by atoms with E-state index in [1.807, 2.05) is 12.1 Å². The van der Waals surface area contributed by atoms with Crippen LogP contribution < -0.4 is 10.8 Å². The molecule has 146 valence electrons. The monoisotopic (exact) mass is 389 g/mol. The predicted octanol–water partition coefficient (Wildman–Crippen LogP) is 2.56. The molecule has 29 heavy (non-hydrogen) atoms. The van der Waals surface area contributed by atoms with Crippen molar-refractivity contribution in [3.05, 3.63) is 70.8 Å². The summed E-state index contributed by atoms with van der Waals surface area (Å²) >= 11 is 0. The molecular formula is C22H19N3O4. The Balaban J connectivity index is 1.97. The minimum Gasteiger partial charge on any atom is -0.504 e. The highest BCUT2D eigenvalue weighted by Gasteiger charge is 2.23. The van der Waals surface area contributed by atoms with E-state index in [1.54, 1.807) is 62.8 Å². The first-order valence-electron chi connectivity index (χ1n) is 9.13. The lowest BCUT2D eigenvalue weighted by Crippen LogP contribution is -2.19. The first-order valence-corrected chi connectivity index (χ1v) is 9.13. The highest BCUT2D eigenvalue weighted by Crippen LogP contribution is 2.18. The molecule has 7 heteroatoms. The second-order valence-electron chi connectivity index (χ2n) is 6.67. The Bertz CT molecular complexity index is 1270. The zero-order valence-electron chi connectivity index (χ0n) is 15.9. The molecule has 0 aliphatic carbocycles. The van der Waals surface area contributed by atoms with E-state index >= 15 is 0 Å². The number of nitrogens with one attached hydrogen (secondary N) is 1. The summed E-state index contributed by atoms with van der Waals surface area (Å²) < 4.78 is 11.2. The Labute approximate surface area is 166 Å². The van der Waals surface area contributed by atoms with Gasteiger partial charge in [-0.1, -0.05) is 12.2 Å². The maximum absolute atomic E-state index is 12.7. The number of aromatic amines is 1. The summed E-state index contributed by atoms with van der Waals surface area (Å²) in [6.07, 6.45) is 13.4. The third-order valence-electron chi connectivity index (χ3n) is 4.23. The summed E-state index contributed by atoms with van der Waals surface area (Å²) in [5.41, 5.74) is 2.10. The van der Waals surface area contributed by atoms with E-state index in [9.17, 15) is 9.90 Å². The number of aliphatic imine (C=N–C) groups is 1. The normalized spacial score (nSPS) is 16.0. The first-order chi connectivity index (χ1) is 14.0. The molecule has 2 N–H and O–H groups in total. The van der Waals surface area contributed by atoms with Crippen molar-refractivity contribution in [2.24, 2.45) is 4.99 Å². The molecule has 0 spiro atoms. The topological polar surface area (TPSA) is 101 Å². The van der Waals surface area contributed by atoms with Crippen LogP contribution in [-0.4, -0.2) is 33.4 Å². The molecule has 0 fully saturated rings. The molecule has 0 atom stereocenters. The Morgan fingerprint density at radius 3 is 3.00 bits per heavy atom. The summed E-state index contributed by atoms with van der Waals surface area (Å²) in [6, 6.07) is 3.72. The molecule has 0 bridgehead atoms. The number of aromatic hydroxyl groups is 1. The van der Waals surface area contributed by atoms with Gasteiger partial charge in [-0.3, -0.25) is 4.99 Å². The molecule has 0 saturated heterocycles. The smallest absolute Gasteiger partial charge is 0.346 e. The fourth-order valence-electron chi connectivity index (χ4n) is 2.98. The molecule has 3 aromatic heterocycles. The highest BCUT2D eigenvalue weighted by atomic mass is 16.5. The fourth-order valence-corrected chi connectivity index (χ4v) is 2.98. The molecule has 0 amide bonds. The average molecular weight is 389 g/mol. The van der Waals surface area contributed by atoms with Gasteiger partial charge < -0.3 is 19.2 Å². The summed E-state index contributed by atoms with van der Waals surface area (Å²) in [6.45, 7) is 3.48. The molecule has 4 heterocycles. The molecule has 1 aliphatic rings. The van der Waals surface area contributed by atoms with Crippen LogP contribution in [0.25, 0.3) is 22.8 Å². The summed E-state index contributed by atoms with van der Waals surface area (Å²) in [5.74, 6) is -0.970. The third-order valence-corrected chi connectivity index (χ3v) is 4.23. The quantitative estimate of drug-likeness (QED) is 0.671. The van der Waals surface area contributed by atoms with Crippen LogP contribution in [0.15, 0.2) is 58.2 Å². The molecule has 7 nitrogen and oxygen atoms in total. The number of pyridine rings is 1. The number of ether oxygens (including phenoxy) is 1. The van der Waals surface area contributed by atoms with Gasteiger partial charge in [0.1, 0.15) is 11.3 Å². The van der Waals surface area contributed by atoms with E-state index in [1.165, 1.54) is 0 Å². The zero-order chi connectivity index (χ0) is 20.4. The Hall–Kier alpha value is -3.87. The van der Waals surface area contributed by atoms with Crippen LogP contribution in [0.2, 0.25) is 0 Å². The number of hydrogen-bond donors (Lipinski definition) is 2. The SMILES string of the molecule is CC(C)OC(=O)c1c(O)/c(=C/c2c[nH]c3ncccc23)oc1=C1C=CC=CC=N1. The summed E-state index contributed by atoms with van der Waals surface area (Å²) in [5, 5.41) is 11.7. The van der Waals surface area contributed by atoms with E-state index < -0.39 is 5.97 Å². The molecular weight excluding hydrogens is 370 g/mol. The molecule has 4 rings (SSSR count). The maximum atomic E-state index is 12.7. The van der Waals surface area contributed by atoms with Gasteiger partial charge in [-0.25, -0.2) is 9.78 Å². The van der Waals surface area contributed by atoms with E-state index in [0.717, 1.165) is 10.9 Å². The number of esters is 1. The average Bonchev–Trinajstić information content (AvgIpc) is 3.11. The molecule has 0 radical (unpaired) electrons. The number of furan rings is 1.